The summed E-state index contributed by atoms with van der Waals surface area (Å²) in [5, 5.41) is 28.0. The van der Waals surface area contributed by atoms with Crippen LogP contribution in [0.15, 0.2) is 42.5 Å². The molecule has 0 aliphatic carbocycles. The fourth-order valence-electron chi connectivity index (χ4n) is 2.16. The van der Waals surface area contributed by atoms with E-state index in [1.165, 1.54) is 6.07 Å². The van der Waals surface area contributed by atoms with Gasteiger partial charge in [0.05, 0.1) is 0 Å². The van der Waals surface area contributed by atoms with Crippen LogP contribution in [-0.4, -0.2) is 16.3 Å². The minimum Gasteiger partial charge on any atom is -0.508 e. The highest BCUT2D eigenvalue weighted by molar-refractivity contribution is 5.88. The number of hydrogen-bond acceptors (Lipinski definition) is 4. The molecule has 98 valence electrons. The summed E-state index contributed by atoms with van der Waals surface area (Å²) in [7, 11) is 0. The Morgan fingerprint density at radius 3 is 2.40 bits per heavy atom. The first-order chi connectivity index (χ1) is 9.67. The Bertz CT molecular complexity index is 726. The lowest BCUT2D eigenvalue weighted by atomic mass is 9.95. The molecular formula is C16H11NO3. The summed E-state index contributed by atoms with van der Waals surface area (Å²) in [5.74, 6) is 0.755. The first-order valence-corrected chi connectivity index (χ1v) is 6.07. The molecule has 1 heterocycles. The SMILES string of the molecule is N#CC1Oc2cc(O)ccc2C=C1c1ccc(O)cc1. The second-order valence-corrected chi connectivity index (χ2v) is 4.50. The monoisotopic (exact) mass is 265 g/mol. The summed E-state index contributed by atoms with van der Waals surface area (Å²) in [6.45, 7) is 0. The molecule has 0 fully saturated rings. The number of fused-ring (bicyclic) bond motifs is 1. The highest BCUT2D eigenvalue weighted by atomic mass is 16.5. The molecule has 4 nitrogen and oxygen atoms in total. The summed E-state index contributed by atoms with van der Waals surface area (Å²) in [4.78, 5) is 0. The van der Waals surface area contributed by atoms with Gasteiger partial charge in [-0.05, 0) is 35.9 Å². The van der Waals surface area contributed by atoms with Crippen LogP contribution >= 0.6 is 0 Å². The van der Waals surface area contributed by atoms with E-state index in [4.69, 9.17) is 4.74 Å². The van der Waals surface area contributed by atoms with Crippen LogP contribution in [0.3, 0.4) is 0 Å². The number of phenolic OH excluding ortho intramolecular Hbond substituents is 2. The normalized spacial score (nSPS) is 16.6. The molecule has 0 saturated carbocycles. The lowest BCUT2D eigenvalue weighted by Crippen LogP contribution is -2.19. The Morgan fingerprint density at radius 1 is 1.00 bits per heavy atom. The van der Waals surface area contributed by atoms with Gasteiger partial charge >= 0.3 is 0 Å². The second-order valence-electron chi connectivity index (χ2n) is 4.50. The fourth-order valence-corrected chi connectivity index (χ4v) is 2.16. The molecule has 0 bridgehead atoms. The van der Waals surface area contributed by atoms with Gasteiger partial charge in [0, 0.05) is 17.2 Å². The maximum Gasteiger partial charge on any atom is 0.210 e. The molecule has 0 saturated heterocycles. The van der Waals surface area contributed by atoms with Gasteiger partial charge in [-0.1, -0.05) is 12.1 Å². The van der Waals surface area contributed by atoms with Crippen molar-refractivity contribution in [1.29, 1.82) is 5.26 Å². The lowest BCUT2D eigenvalue weighted by Gasteiger charge is -2.23. The van der Waals surface area contributed by atoms with Crippen LogP contribution in [-0.2, 0) is 0 Å². The standard InChI is InChI=1S/C16H11NO3/c17-9-16-14(10-1-4-12(18)5-2-10)7-11-3-6-13(19)8-15(11)20-16/h1-8,16,18-19H. The Morgan fingerprint density at radius 2 is 1.70 bits per heavy atom. The van der Waals surface area contributed by atoms with Gasteiger partial charge in [0.25, 0.3) is 0 Å². The van der Waals surface area contributed by atoms with Gasteiger partial charge in [-0.25, -0.2) is 0 Å². The summed E-state index contributed by atoms with van der Waals surface area (Å²) in [6.07, 6.45) is 1.12. The molecular weight excluding hydrogens is 254 g/mol. The van der Waals surface area contributed by atoms with E-state index in [2.05, 4.69) is 6.07 Å². The zero-order valence-electron chi connectivity index (χ0n) is 10.4. The van der Waals surface area contributed by atoms with Gasteiger partial charge in [-0.15, -0.1) is 0 Å². The average Bonchev–Trinajstić information content (AvgIpc) is 2.46. The number of aromatic hydroxyl groups is 2. The van der Waals surface area contributed by atoms with E-state index >= 15 is 0 Å². The number of ether oxygens (including phenoxy) is 1. The maximum absolute atomic E-state index is 9.45. The maximum atomic E-state index is 9.45. The third-order valence-corrected chi connectivity index (χ3v) is 3.15. The molecule has 0 aromatic heterocycles. The number of nitrogens with zero attached hydrogens (tertiary/aromatic N) is 1. The van der Waals surface area contributed by atoms with Crippen molar-refractivity contribution >= 4 is 11.6 Å². The van der Waals surface area contributed by atoms with Crippen molar-refractivity contribution in [2.75, 3.05) is 0 Å². The van der Waals surface area contributed by atoms with Crippen LogP contribution in [0, 0.1) is 11.3 Å². The van der Waals surface area contributed by atoms with Crippen molar-refractivity contribution in [2.45, 2.75) is 6.10 Å². The van der Waals surface area contributed by atoms with Gasteiger partial charge in [-0.2, -0.15) is 5.26 Å². The molecule has 2 aromatic rings. The highest BCUT2D eigenvalue weighted by Crippen LogP contribution is 2.36. The smallest absolute Gasteiger partial charge is 0.210 e. The summed E-state index contributed by atoms with van der Waals surface area (Å²) >= 11 is 0. The quantitative estimate of drug-likeness (QED) is 0.831. The summed E-state index contributed by atoms with van der Waals surface area (Å²) in [6, 6.07) is 13.5. The van der Waals surface area contributed by atoms with E-state index in [9.17, 15) is 15.5 Å². The topological polar surface area (TPSA) is 73.5 Å². The fraction of sp³-hybridized carbons (Fsp3) is 0.0625. The van der Waals surface area contributed by atoms with E-state index in [-0.39, 0.29) is 11.5 Å². The zero-order chi connectivity index (χ0) is 14.1. The van der Waals surface area contributed by atoms with Gasteiger partial charge < -0.3 is 14.9 Å². The van der Waals surface area contributed by atoms with E-state index < -0.39 is 6.10 Å². The molecule has 1 atom stereocenters. The minimum absolute atomic E-state index is 0.0990. The van der Waals surface area contributed by atoms with Crippen LogP contribution < -0.4 is 4.74 Å². The highest BCUT2D eigenvalue weighted by Gasteiger charge is 2.23. The Balaban J connectivity index is 2.11. The van der Waals surface area contributed by atoms with Crippen molar-refractivity contribution in [3.05, 3.63) is 53.6 Å². The van der Waals surface area contributed by atoms with Crippen molar-refractivity contribution < 1.29 is 14.9 Å². The largest absolute Gasteiger partial charge is 0.508 e. The van der Waals surface area contributed by atoms with Crippen molar-refractivity contribution in [1.82, 2.24) is 0 Å². The minimum atomic E-state index is -0.742. The van der Waals surface area contributed by atoms with Crippen LogP contribution in [0.2, 0.25) is 0 Å². The van der Waals surface area contributed by atoms with E-state index in [1.54, 1.807) is 36.4 Å². The second kappa shape index (κ2) is 4.63. The Kier molecular flexibility index (Phi) is 2.81. The van der Waals surface area contributed by atoms with E-state index in [1.807, 2.05) is 6.08 Å². The number of phenols is 2. The molecule has 0 amide bonds. The first kappa shape index (κ1) is 12.1. The van der Waals surface area contributed by atoms with Crippen molar-refractivity contribution in [2.24, 2.45) is 0 Å². The van der Waals surface area contributed by atoms with E-state index in [0.29, 0.717) is 5.75 Å². The molecule has 0 radical (unpaired) electrons. The van der Waals surface area contributed by atoms with Gasteiger partial charge in [0.1, 0.15) is 23.3 Å². The molecule has 4 heteroatoms. The number of benzene rings is 2. The van der Waals surface area contributed by atoms with Crippen LogP contribution in [0.1, 0.15) is 11.1 Å². The third kappa shape index (κ3) is 2.06. The molecule has 20 heavy (non-hydrogen) atoms. The van der Waals surface area contributed by atoms with Gasteiger partial charge in [0.2, 0.25) is 6.10 Å². The van der Waals surface area contributed by atoms with Crippen LogP contribution in [0.5, 0.6) is 17.2 Å². The van der Waals surface area contributed by atoms with Gasteiger partial charge in [-0.3, -0.25) is 0 Å². The first-order valence-electron chi connectivity index (χ1n) is 6.07. The van der Waals surface area contributed by atoms with Crippen molar-refractivity contribution in [3.8, 4) is 23.3 Å². The number of rotatable bonds is 1. The molecule has 1 aliphatic rings. The van der Waals surface area contributed by atoms with Gasteiger partial charge in [0.15, 0.2) is 0 Å². The molecule has 1 aliphatic heterocycles. The third-order valence-electron chi connectivity index (χ3n) is 3.15. The van der Waals surface area contributed by atoms with E-state index in [0.717, 1.165) is 16.7 Å². The molecule has 2 aromatic carbocycles. The Hall–Kier alpha value is -2.93. The summed E-state index contributed by atoms with van der Waals surface area (Å²) < 4.78 is 5.61. The number of nitriles is 1. The average molecular weight is 265 g/mol. The van der Waals surface area contributed by atoms with Crippen LogP contribution in [0.25, 0.3) is 11.6 Å². The Labute approximate surface area is 115 Å². The lowest BCUT2D eigenvalue weighted by molar-refractivity contribution is 0.305. The van der Waals surface area contributed by atoms with Crippen molar-refractivity contribution in [3.63, 3.8) is 0 Å². The zero-order valence-corrected chi connectivity index (χ0v) is 10.4. The predicted octanol–water partition coefficient (Wildman–Crippen LogP) is 2.92. The molecule has 2 N–H and O–H groups in total. The molecule has 3 rings (SSSR count). The predicted molar refractivity (Wildman–Crippen MR) is 74.1 cm³/mol. The molecule has 0 spiro atoms. The summed E-state index contributed by atoms with van der Waals surface area (Å²) in [5.41, 5.74) is 2.34. The number of hydrogen-bond donors (Lipinski definition) is 2. The molecule has 1 unspecified atom stereocenters. The van der Waals surface area contributed by atoms with Crippen LogP contribution in [0.4, 0.5) is 0 Å².